The highest BCUT2D eigenvalue weighted by Crippen LogP contribution is 2.25. The molecule has 0 saturated heterocycles. The van der Waals surface area contributed by atoms with E-state index in [9.17, 15) is 0 Å². The Morgan fingerprint density at radius 2 is 1.84 bits per heavy atom. The number of nitrogens with two attached hydrogens (primary N) is 2. The Morgan fingerprint density at radius 3 is 2.63 bits per heavy atom. The molecule has 0 spiro atoms. The van der Waals surface area contributed by atoms with Gasteiger partial charge in [-0.05, 0) is 43.9 Å². The van der Waals surface area contributed by atoms with Crippen molar-refractivity contribution in [1.82, 2.24) is 9.97 Å². The van der Waals surface area contributed by atoms with Gasteiger partial charge in [0.05, 0.1) is 5.52 Å². The van der Waals surface area contributed by atoms with Crippen LogP contribution in [0.2, 0.25) is 0 Å². The van der Waals surface area contributed by atoms with Crippen LogP contribution in [0.1, 0.15) is 0 Å². The molecule has 5 N–H and O–H groups in total. The predicted octanol–water partition coefficient (Wildman–Crippen LogP) is 1.61. The van der Waals surface area contributed by atoms with E-state index in [1.807, 2.05) is 31.0 Å². The number of aromatic nitrogens is 2. The minimum absolute atomic E-state index is 0.197. The second kappa shape index (κ2) is 4.91. The molecule has 5 nitrogen and oxygen atoms in total. The van der Waals surface area contributed by atoms with E-state index in [1.54, 1.807) is 0 Å². The van der Waals surface area contributed by atoms with Gasteiger partial charge in [0.2, 0.25) is 5.95 Å². The molecule has 2 aromatic rings. The molecule has 0 aliphatic heterocycles. The molecular weight excluding hydrogens is 238 g/mol. The Balaban J connectivity index is 1.80. The van der Waals surface area contributed by atoms with E-state index in [4.69, 9.17) is 11.5 Å². The molecule has 1 fully saturated rings. The standard InChI is InChI=1S/C14H14N5/c15-13-11-7-10(17-8-9-3-1-2-4-9)5-6-12(11)18-14(16)19-13/h1-7,17H,8H2,(H4,15,16,18,19). The first-order valence-corrected chi connectivity index (χ1v) is 5.99. The van der Waals surface area contributed by atoms with Crippen molar-refractivity contribution in [2.75, 3.05) is 23.3 Å². The van der Waals surface area contributed by atoms with Gasteiger partial charge >= 0.3 is 0 Å². The zero-order valence-corrected chi connectivity index (χ0v) is 10.3. The Morgan fingerprint density at radius 1 is 1.05 bits per heavy atom. The van der Waals surface area contributed by atoms with Crippen LogP contribution in [-0.4, -0.2) is 16.5 Å². The van der Waals surface area contributed by atoms with E-state index in [2.05, 4.69) is 28.1 Å². The van der Waals surface area contributed by atoms with E-state index in [-0.39, 0.29) is 5.95 Å². The lowest BCUT2D eigenvalue weighted by Crippen LogP contribution is -2.10. The second-order valence-electron chi connectivity index (χ2n) is 4.35. The summed E-state index contributed by atoms with van der Waals surface area (Å²) in [7, 11) is 0. The van der Waals surface area contributed by atoms with Gasteiger partial charge in [0.15, 0.2) is 0 Å². The van der Waals surface area contributed by atoms with Crippen molar-refractivity contribution in [3.8, 4) is 0 Å². The normalized spacial score (nSPS) is 16.0. The first-order valence-electron chi connectivity index (χ1n) is 5.99. The van der Waals surface area contributed by atoms with Crippen molar-refractivity contribution in [2.24, 2.45) is 0 Å². The van der Waals surface area contributed by atoms with Crippen molar-refractivity contribution in [3.63, 3.8) is 0 Å². The van der Waals surface area contributed by atoms with Gasteiger partial charge in [0, 0.05) is 23.5 Å². The van der Waals surface area contributed by atoms with Crippen LogP contribution in [0.5, 0.6) is 0 Å². The van der Waals surface area contributed by atoms with Gasteiger partial charge in [-0.25, -0.2) is 4.98 Å². The summed E-state index contributed by atoms with van der Waals surface area (Å²) in [4.78, 5) is 8.12. The summed E-state index contributed by atoms with van der Waals surface area (Å²) in [6, 6.07) is 5.78. The van der Waals surface area contributed by atoms with Crippen molar-refractivity contribution in [1.29, 1.82) is 0 Å². The lowest BCUT2D eigenvalue weighted by atomic mass is 10.1. The highest BCUT2D eigenvalue weighted by molar-refractivity contribution is 5.91. The molecule has 1 saturated carbocycles. The third-order valence-corrected chi connectivity index (χ3v) is 2.97. The van der Waals surface area contributed by atoms with E-state index in [0.717, 1.165) is 23.1 Å². The fourth-order valence-corrected chi connectivity index (χ4v) is 2.02. The highest BCUT2D eigenvalue weighted by Gasteiger charge is 2.16. The summed E-state index contributed by atoms with van der Waals surface area (Å²) >= 11 is 0. The SMILES string of the molecule is Nc1nc(N)c2cc(NC[C]3[CH][CH][CH][CH]3)ccc2n1. The van der Waals surface area contributed by atoms with Gasteiger partial charge < -0.3 is 16.8 Å². The molecule has 0 amide bonds. The lowest BCUT2D eigenvalue weighted by molar-refractivity contribution is 1.10. The zero-order valence-electron chi connectivity index (χ0n) is 10.3. The average molecular weight is 252 g/mol. The fourth-order valence-electron chi connectivity index (χ4n) is 2.02. The van der Waals surface area contributed by atoms with Crippen LogP contribution >= 0.6 is 0 Å². The Hall–Kier alpha value is -2.04. The molecule has 1 aliphatic rings. The summed E-state index contributed by atoms with van der Waals surface area (Å²) in [5, 5.41) is 4.15. The van der Waals surface area contributed by atoms with Crippen molar-refractivity contribution in [2.45, 2.75) is 0 Å². The predicted molar refractivity (Wildman–Crippen MR) is 77.3 cm³/mol. The minimum Gasteiger partial charge on any atom is -0.384 e. The van der Waals surface area contributed by atoms with Gasteiger partial charge in [-0.1, -0.05) is 0 Å². The smallest absolute Gasteiger partial charge is 0.222 e. The van der Waals surface area contributed by atoms with Crippen LogP contribution in [0, 0.1) is 31.6 Å². The molecular formula is C14H14N5. The highest BCUT2D eigenvalue weighted by atomic mass is 15.0. The first kappa shape index (κ1) is 12.0. The summed E-state index contributed by atoms with van der Waals surface area (Å²) in [6.07, 6.45) is 8.19. The minimum atomic E-state index is 0.197. The van der Waals surface area contributed by atoms with Gasteiger partial charge in [-0.3, -0.25) is 0 Å². The summed E-state index contributed by atoms with van der Waals surface area (Å²) < 4.78 is 0. The monoisotopic (exact) mass is 252 g/mol. The Labute approximate surface area is 112 Å². The number of hydrogen-bond acceptors (Lipinski definition) is 5. The molecule has 1 aromatic carbocycles. The number of nitrogens with one attached hydrogen (secondary N) is 1. The average Bonchev–Trinajstić information content (AvgIpc) is 2.89. The van der Waals surface area contributed by atoms with Crippen molar-refractivity contribution < 1.29 is 0 Å². The maximum absolute atomic E-state index is 5.86. The second-order valence-corrected chi connectivity index (χ2v) is 4.35. The largest absolute Gasteiger partial charge is 0.384 e. The van der Waals surface area contributed by atoms with Gasteiger partial charge in [-0.15, -0.1) is 0 Å². The number of fused-ring (bicyclic) bond motifs is 1. The van der Waals surface area contributed by atoms with E-state index in [1.165, 1.54) is 5.92 Å². The summed E-state index contributed by atoms with van der Waals surface area (Å²) in [6.45, 7) is 0.772. The molecule has 1 aromatic heterocycles. The maximum atomic E-state index is 5.86. The molecule has 1 heterocycles. The van der Waals surface area contributed by atoms with Crippen LogP contribution in [0.15, 0.2) is 18.2 Å². The summed E-state index contributed by atoms with van der Waals surface area (Å²) in [5.74, 6) is 1.84. The van der Waals surface area contributed by atoms with Crippen LogP contribution < -0.4 is 16.8 Å². The van der Waals surface area contributed by atoms with Gasteiger partial charge in [-0.2, -0.15) is 4.98 Å². The molecule has 19 heavy (non-hydrogen) atoms. The first-order chi connectivity index (χ1) is 9.22. The van der Waals surface area contributed by atoms with Crippen LogP contribution in [-0.2, 0) is 0 Å². The maximum Gasteiger partial charge on any atom is 0.222 e. The molecule has 0 unspecified atom stereocenters. The van der Waals surface area contributed by atoms with E-state index >= 15 is 0 Å². The lowest BCUT2D eigenvalue weighted by Gasteiger charge is -2.12. The molecule has 0 atom stereocenters. The number of nitrogens with zero attached hydrogens (tertiary/aromatic N) is 2. The third kappa shape index (κ3) is 2.54. The fraction of sp³-hybridized carbons (Fsp3) is 0.0714. The third-order valence-electron chi connectivity index (χ3n) is 2.97. The molecule has 5 heteroatoms. The topological polar surface area (TPSA) is 89.8 Å². The van der Waals surface area contributed by atoms with Crippen LogP contribution in [0.4, 0.5) is 17.5 Å². The van der Waals surface area contributed by atoms with Gasteiger partial charge in [0.1, 0.15) is 5.82 Å². The summed E-state index contributed by atoms with van der Waals surface area (Å²) in [5.41, 5.74) is 13.2. The Kier molecular flexibility index (Phi) is 3.11. The van der Waals surface area contributed by atoms with Crippen LogP contribution in [0.25, 0.3) is 10.9 Å². The molecule has 1 aliphatic carbocycles. The number of benzene rings is 1. The molecule has 5 radical (unpaired) electrons. The van der Waals surface area contributed by atoms with Crippen molar-refractivity contribution >= 4 is 28.4 Å². The quantitative estimate of drug-likeness (QED) is 0.772. The van der Waals surface area contributed by atoms with Crippen molar-refractivity contribution in [3.05, 3.63) is 49.8 Å². The van der Waals surface area contributed by atoms with Crippen LogP contribution in [0.3, 0.4) is 0 Å². The number of rotatable bonds is 3. The number of anilines is 3. The molecule has 0 bridgehead atoms. The van der Waals surface area contributed by atoms with E-state index < -0.39 is 0 Å². The molecule has 95 valence electrons. The van der Waals surface area contributed by atoms with Gasteiger partial charge in [0.25, 0.3) is 0 Å². The zero-order chi connectivity index (χ0) is 13.2. The molecule has 3 rings (SSSR count). The van der Waals surface area contributed by atoms with E-state index in [0.29, 0.717) is 5.82 Å². The number of nitrogen functional groups attached to an aromatic ring is 2. The number of hydrogen-bond donors (Lipinski definition) is 3. The Bertz CT molecular complexity index is 590.